The third-order valence-corrected chi connectivity index (χ3v) is 5.63. The van der Waals surface area contributed by atoms with Crippen molar-refractivity contribution in [3.05, 3.63) is 86.8 Å². The highest BCUT2D eigenvalue weighted by Crippen LogP contribution is 2.27. The van der Waals surface area contributed by atoms with Gasteiger partial charge in [-0.25, -0.2) is 19.9 Å². The maximum Gasteiger partial charge on any atom is 0.277 e. The van der Waals surface area contributed by atoms with Crippen LogP contribution in [-0.4, -0.2) is 34.6 Å². The molecule has 0 saturated heterocycles. The van der Waals surface area contributed by atoms with Crippen LogP contribution >= 0.6 is 11.6 Å². The van der Waals surface area contributed by atoms with Gasteiger partial charge in [0.1, 0.15) is 23.0 Å². The van der Waals surface area contributed by atoms with Gasteiger partial charge in [-0.1, -0.05) is 11.6 Å². The Bertz CT molecular complexity index is 1460. The second kappa shape index (κ2) is 9.52. The molecule has 0 aromatic carbocycles. The zero-order chi connectivity index (χ0) is 25.3. The summed E-state index contributed by atoms with van der Waals surface area (Å²) in [6.07, 6.45) is 4.88. The largest absolute Gasteiger partial charge is 0.484 e. The molecular formula is C25H25ClN6O3. The first-order chi connectivity index (χ1) is 16.5. The first kappa shape index (κ1) is 24.4. The molecule has 0 unspecified atom stereocenters. The molecule has 4 aromatic heterocycles. The third kappa shape index (κ3) is 5.21. The summed E-state index contributed by atoms with van der Waals surface area (Å²) in [6.45, 7) is 8.82. The lowest BCUT2D eigenvalue weighted by Crippen LogP contribution is -2.23. The van der Waals surface area contributed by atoms with Crippen LogP contribution in [0.1, 0.15) is 42.4 Å². The number of aromatic nitrogens is 6. The molecule has 0 fully saturated rings. The average molecular weight is 493 g/mol. The zero-order valence-electron chi connectivity index (χ0n) is 20.1. The van der Waals surface area contributed by atoms with Crippen LogP contribution in [0.3, 0.4) is 0 Å². The molecule has 4 heterocycles. The number of aryl methyl sites for hydroxylation is 3. The Morgan fingerprint density at radius 3 is 2.49 bits per heavy atom. The van der Waals surface area contributed by atoms with Crippen LogP contribution in [0.15, 0.2) is 47.7 Å². The number of hydrogen-bond acceptors (Lipinski definition) is 8. The molecule has 0 amide bonds. The summed E-state index contributed by atoms with van der Waals surface area (Å²) in [5, 5.41) is 10.2. The van der Waals surface area contributed by atoms with Gasteiger partial charge in [-0.3, -0.25) is 14.3 Å². The third-order valence-electron chi connectivity index (χ3n) is 5.28. The van der Waals surface area contributed by atoms with Gasteiger partial charge in [-0.15, -0.1) is 0 Å². The topological polar surface area (TPSA) is 116 Å². The van der Waals surface area contributed by atoms with Crippen molar-refractivity contribution in [2.75, 3.05) is 0 Å². The van der Waals surface area contributed by atoms with Gasteiger partial charge in [0.2, 0.25) is 0 Å². The number of aliphatic hydroxyl groups is 1. The van der Waals surface area contributed by atoms with Crippen LogP contribution in [0.2, 0.25) is 5.02 Å². The first-order valence-electron chi connectivity index (χ1n) is 10.9. The van der Waals surface area contributed by atoms with E-state index in [9.17, 15) is 9.90 Å². The van der Waals surface area contributed by atoms with Gasteiger partial charge >= 0.3 is 0 Å². The first-order valence-corrected chi connectivity index (χ1v) is 11.3. The predicted octanol–water partition coefficient (Wildman–Crippen LogP) is 3.86. The van der Waals surface area contributed by atoms with Gasteiger partial charge in [-0.05, 0) is 58.4 Å². The van der Waals surface area contributed by atoms with Crippen LogP contribution in [-0.2, 0) is 12.2 Å². The van der Waals surface area contributed by atoms with Gasteiger partial charge in [0, 0.05) is 36.0 Å². The van der Waals surface area contributed by atoms with Crippen LogP contribution in [0.4, 0.5) is 0 Å². The highest BCUT2D eigenvalue weighted by molar-refractivity contribution is 6.31. The lowest BCUT2D eigenvalue weighted by atomic mass is 10.1. The molecule has 0 aliphatic heterocycles. The summed E-state index contributed by atoms with van der Waals surface area (Å²) < 4.78 is 7.29. The molecule has 9 nitrogen and oxygen atoms in total. The maximum atomic E-state index is 13.3. The van der Waals surface area contributed by atoms with Crippen molar-refractivity contribution in [1.29, 1.82) is 0 Å². The molecule has 4 rings (SSSR count). The molecular weight excluding hydrogens is 468 g/mol. The molecule has 10 heteroatoms. The van der Waals surface area contributed by atoms with E-state index in [1.807, 2.05) is 13.8 Å². The Hall–Kier alpha value is -3.69. The second-order valence-corrected chi connectivity index (χ2v) is 9.07. The normalized spacial score (nSPS) is 11.5. The Kier molecular flexibility index (Phi) is 6.64. The molecule has 0 saturated carbocycles. The van der Waals surface area contributed by atoms with E-state index in [0.29, 0.717) is 28.6 Å². The fourth-order valence-electron chi connectivity index (χ4n) is 3.49. The van der Waals surface area contributed by atoms with Gasteiger partial charge in [0.25, 0.3) is 5.56 Å². The van der Waals surface area contributed by atoms with Crippen LogP contribution in [0.25, 0.3) is 17.1 Å². The smallest absolute Gasteiger partial charge is 0.277 e. The quantitative estimate of drug-likeness (QED) is 0.431. The molecule has 0 atom stereocenters. The number of hydrogen-bond donors (Lipinski definition) is 1. The van der Waals surface area contributed by atoms with Crippen molar-refractivity contribution in [1.82, 2.24) is 29.5 Å². The van der Waals surface area contributed by atoms with E-state index in [1.54, 1.807) is 63.6 Å². The van der Waals surface area contributed by atoms with Gasteiger partial charge in [-0.2, -0.15) is 0 Å². The average Bonchev–Trinajstić information content (AvgIpc) is 2.81. The van der Waals surface area contributed by atoms with Crippen molar-refractivity contribution < 1.29 is 9.84 Å². The summed E-state index contributed by atoms with van der Waals surface area (Å²) >= 11 is 6.43. The number of ether oxygens (including phenoxy) is 1. The molecule has 180 valence electrons. The summed E-state index contributed by atoms with van der Waals surface area (Å²) in [5.74, 6) is 1.02. The van der Waals surface area contributed by atoms with E-state index in [4.69, 9.17) is 16.3 Å². The fraction of sp³-hybridized carbons (Fsp3) is 0.280. The van der Waals surface area contributed by atoms with E-state index in [1.165, 1.54) is 4.57 Å². The Labute approximate surface area is 207 Å². The highest BCUT2D eigenvalue weighted by atomic mass is 35.5. The van der Waals surface area contributed by atoms with Gasteiger partial charge in [0.05, 0.1) is 17.1 Å². The summed E-state index contributed by atoms with van der Waals surface area (Å²) in [5.41, 5.74) is 2.24. The van der Waals surface area contributed by atoms with Crippen molar-refractivity contribution in [3.63, 3.8) is 0 Å². The minimum absolute atomic E-state index is 0.0487. The minimum atomic E-state index is -1.20. The number of halogens is 1. The second-order valence-electron chi connectivity index (χ2n) is 8.69. The number of pyridine rings is 2. The van der Waals surface area contributed by atoms with Crippen molar-refractivity contribution in [2.45, 2.75) is 46.8 Å². The molecule has 0 bridgehead atoms. The lowest BCUT2D eigenvalue weighted by molar-refractivity contribution is 0.0688. The Balaban J connectivity index is 1.72. The van der Waals surface area contributed by atoms with Crippen LogP contribution in [0, 0.1) is 20.8 Å². The minimum Gasteiger partial charge on any atom is -0.484 e. The van der Waals surface area contributed by atoms with Gasteiger partial charge < -0.3 is 9.84 Å². The molecule has 0 aliphatic rings. The maximum absolute atomic E-state index is 13.3. The van der Waals surface area contributed by atoms with Crippen molar-refractivity contribution >= 4 is 11.6 Å². The van der Waals surface area contributed by atoms with E-state index < -0.39 is 11.2 Å². The summed E-state index contributed by atoms with van der Waals surface area (Å²) in [6, 6.07) is 6.96. The molecule has 1 N–H and O–H groups in total. The Morgan fingerprint density at radius 2 is 1.77 bits per heavy atom. The van der Waals surface area contributed by atoms with Gasteiger partial charge in [0.15, 0.2) is 11.6 Å². The molecule has 0 spiro atoms. The van der Waals surface area contributed by atoms with E-state index >= 15 is 0 Å². The fourth-order valence-corrected chi connectivity index (χ4v) is 3.68. The number of nitrogens with zero attached hydrogens (tertiary/aromatic N) is 6. The summed E-state index contributed by atoms with van der Waals surface area (Å²) in [7, 11) is 0. The summed E-state index contributed by atoms with van der Waals surface area (Å²) in [4.78, 5) is 34.8. The SMILES string of the molecule is Cc1ccnc(COc2cc(C)n(-c3cc(-c4ccnc(C(C)(C)O)n4)ncc3C)c(=O)c2Cl)n1. The van der Waals surface area contributed by atoms with Crippen LogP contribution < -0.4 is 10.3 Å². The van der Waals surface area contributed by atoms with E-state index in [0.717, 1.165) is 11.3 Å². The van der Waals surface area contributed by atoms with Crippen molar-refractivity contribution in [3.8, 4) is 22.8 Å². The standard InChI is InChI=1S/C25H25ClN6O3/c1-14-12-29-18(17-7-9-28-24(31-17)25(4,5)34)11-19(14)32-16(3)10-20(22(26)23(32)33)35-13-21-27-8-6-15(2)30-21/h6-12,34H,13H2,1-5H3. The molecule has 0 aliphatic carbocycles. The van der Waals surface area contributed by atoms with Crippen LogP contribution in [0.5, 0.6) is 5.75 Å². The predicted molar refractivity (Wildman–Crippen MR) is 132 cm³/mol. The van der Waals surface area contributed by atoms with E-state index in [-0.39, 0.29) is 23.2 Å². The molecule has 0 radical (unpaired) electrons. The van der Waals surface area contributed by atoms with E-state index in [2.05, 4.69) is 24.9 Å². The monoisotopic (exact) mass is 492 g/mol. The Morgan fingerprint density at radius 1 is 1.03 bits per heavy atom. The van der Waals surface area contributed by atoms with Crippen molar-refractivity contribution in [2.24, 2.45) is 0 Å². The number of rotatable bonds is 6. The molecule has 35 heavy (non-hydrogen) atoms. The highest BCUT2D eigenvalue weighted by Gasteiger charge is 2.21. The molecule has 4 aromatic rings. The lowest BCUT2D eigenvalue weighted by Gasteiger charge is -2.17. The zero-order valence-corrected chi connectivity index (χ0v) is 20.8.